The second-order valence-corrected chi connectivity index (χ2v) is 7.69. The van der Waals surface area contributed by atoms with Crippen molar-refractivity contribution >= 4 is 29.3 Å². The Kier molecular flexibility index (Phi) is 6.59. The second kappa shape index (κ2) is 9.12. The Hall–Kier alpha value is -2.51. The zero-order valence-electron chi connectivity index (χ0n) is 15.8. The minimum absolute atomic E-state index is 0.0522. The Morgan fingerprint density at radius 2 is 1.96 bits per heavy atom. The molecule has 0 aliphatic rings. The monoisotopic (exact) mass is 416 g/mol. The number of nitrogens with zero attached hydrogens (tertiary/aromatic N) is 3. The van der Waals surface area contributed by atoms with Crippen molar-refractivity contribution in [3.8, 4) is 22.8 Å². The Balaban J connectivity index is 2.00. The number of halogens is 1. The molecule has 0 spiro atoms. The van der Waals surface area contributed by atoms with Crippen molar-refractivity contribution in [1.82, 2.24) is 20.1 Å². The molecule has 6 nitrogen and oxygen atoms in total. The van der Waals surface area contributed by atoms with Crippen molar-refractivity contribution in [2.45, 2.75) is 25.0 Å². The lowest BCUT2D eigenvalue weighted by atomic mass is 10.2. The summed E-state index contributed by atoms with van der Waals surface area (Å²) >= 11 is 7.66. The van der Waals surface area contributed by atoms with Crippen LogP contribution in [0.25, 0.3) is 17.1 Å². The summed E-state index contributed by atoms with van der Waals surface area (Å²) in [5.74, 6) is 1.46. The number of rotatable bonds is 7. The number of thioether (sulfide) groups is 1. The number of benzene rings is 2. The van der Waals surface area contributed by atoms with E-state index in [0.29, 0.717) is 21.8 Å². The average molecular weight is 417 g/mol. The molecule has 2 aromatic carbocycles. The highest BCUT2D eigenvalue weighted by Crippen LogP contribution is 2.32. The SMILES string of the molecule is COc1ccc(-n2c(SCC(=O)NC(C)C)nnc2-c2ccccc2)cc1Cl. The van der Waals surface area contributed by atoms with Gasteiger partial charge in [-0.2, -0.15) is 0 Å². The van der Waals surface area contributed by atoms with Crippen molar-refractivity contribution in [2.75, 3.05) is 12.9 Å². The van der Waals surface area contributed by atoms with Crippen LogP contribution in [0.4, 0.5) is 0 Å². The van der Waals surface area contributed by atoms with Crippen molar-refractivity contribution in [3.63, 3.8) is 0 Å². The van der Waals surface area contributed by atoms with Crippen LogP contribution in [0.1, 0.15) is 13.8 Å². The third kappa shape index (κ3) is 4.66. The van der Waals surface area contributed by atoms with Gasteiger partial charge in [0.25, 0.3) is 0 Å². The molecule has 146 valence electrons. The number of methoxy groups -OCH3 is 1. The van der Waals surface area contributed by atoms with Gasteiger partial charge in [-0.1, -0.05) is 53.7 Å². The van der Waals surface area contributed by atoms with Crippen LogP contribution >= 0.6 is 23.4 Å². The van der Waals surface area contributed by atoms with Gasteiger partial charge in [0.15, 0.2) is 11.0 Å². The Morgan fingerprint density at radius 1 is 1.21 bits per heavy atom. The number of aromatic nitrogens is 3. The van der Waals surface area contributed by atoms with Gasteiger partial charge in [0, 0.05) is 11.6 Å². The molecule has 0 saturated carbocycles. The van der Waals surface area contributed by atoms with E-state index < -0.39 is 0 Å². The van der Waals surface area contributed by atoms with Gasteiger partial charge >= 0.3 is 0 Å². The van der Waals surface area contributed by atoms with E-state index in [-0.39, 0.29) is 17.7 Å². The maximum Gasteiger partial charge on any atom is 0.230 e. The summed E-state index contributed by atoms with van der Waals surface area (Å²) in [6.07, 6.45) is 0. The Labute approximate surface area is 173 Å². The minimum Gasteiger partial charge on any atom is -0.495 e. The van der Waals surface area contributed by atoms with Gasteiger partial charge in [0.2, 0.25) is 5.91 Å². The maximum absolute atomic E-state index is 12.1. The molecule has 3 aromatic rings. The van der Waals surface area contributed by atoms with Gasteiger partial charge in [-0.3, -0.25) is 9.36 Å². The maximum atomic E-state index is 12.1. The lowest BCUT2D eigenvalue weighted by molar-refractivity contribution is -0.119. The summed E-state index contributed by atoms with van der Waals surface area (Å²) in [6.45, 7) is 3.86. The fourth-order valence-corrected chi connectivity index (χ4v) is 3.67. The number of carbonyl (C=O) groups is 1. The molecular formula is C20H21ClN4O2S. The van der Waals surface area contributed by atoms with E-state index in [1.165, 1.54) is 11.8 Å². The topological polar surface area (TPSA) is 69.0 Å². The summed E-state index contributed by atoms with van der Waals surface area (Å²) in [4.78, 5) is 12.1. The lowest BCUT2D eigenvalue weighted by Gasteiger charge is -2.12. The van der Waals surface area contributed by atoms with Gasteiger partial charge in [-0.25, -0.2) is 0 Å². The molecule has 0 fully saturated rings. The van der Waals surface area contributed by atoms with Crippen LogP contribution in [0.3, 0.4) is 0 Å². The number of ether oxygens (including phenoxy) is 1. The molecule has 1 aromatic heterocycles. The smallest absolute Gasteiger partial charge is 0.230 e. The number of hydrogen-bond acceptors (Lipinski definition) is 5. The third-order valence-corrected chi connectivity index (χ3v) is 5.07. The van der Waals surface area contributed by atoms with E-state index in [9.17, 15) is 4.79 Å². The number of nitrogens with one attached hydrogen (secondary N) is 1. The van der Waals surface area contributed by atoms with Gasteiger partial charge in [0.05, 0.1) is 23.6 Å². The van der Waals surface area contributed by atoms with Crippen molar-refractivity contribution < 1.29 is 9.53 Å². The molecule has 0 aliphatic heterocycles. The third-order valence-electron chi connectivity index (χ3n) is 3.84. The molecule has 8 heteroatoms. The fraction of sp³-hybridized carbons (Fsp3) is 0.250. The number of hydrogen-bond donors (Lipinski definition) is 1. The average Bonchev–Trinajstić information content (AvgIpc) is 3.10. The predicted molar refractivity (Wildman–Crippen MR) is 112 cm³/mol. The van der Waals surface area contributed by atoms with Crippen molar-refractivity contribution in [2.24, 2.45) is 0 Å². The zero-order chi connectivity index (χ0) is 20.1. The van der Waals surface area contributed by atoms with Crippen molar-refractivity contribution in [1.29, 1.82) is 0 Å². The van der Waals surface area contributed by atoms with E-state index in [0.717, 1.165) is 11.3 Å². The van der Waals surface area contributed by atoms with Gasteiger partial charge in [-0.05, 0) is 32.0 Å². The first-order valence-corrected chi connectivity index (χ1v) is 10.1. The highest BCUT2D eigenvalue weighted by molar-refractivity contribution is 7.99. The molecule has 3 rings (SSSR count). The van der Waals surface area contributed by atoms with Crippen LogP contribution in [-0.2, 0) is 4.79 Å². The highest BCUT2D eigenvalue weighted by atomic mass is 35.5. The van der Waals surface area contributed by atoms with Crippen LogP contribution in [0.2, 0.25) is 5.02 Å². The van der Waals surface area contributed by atoms with Crippen LogP contribution in [0.15, 0.2) is 53.7 Å². The Morgan fingerprint density at radius 3 is 2.61 bits per heavy atom. The normalized spacial score (nSPS) is 10.9. The molecule has 0 atom stereocenters. The molecule has 1 heterocycles. The summed E-state index contributed by atoms with van der Waals surface area (Å²) in [6, 6.07) is 15.3. The first-order valence-electron chi connectivity index (χ1n) is 8.76. The quantitative estimate of drug-likeness (QED) is 0.584. The molecule has 0 unspecified atom stereocenters. The van der Waals surface area contributed by atoms with Gasteiger partial charge in [0.1, 0.15) is 5.75 Å². The zero-order valence-corrected chi connectivity index (χ0v) is 17.4. The number of amides is 1. The summed E-state index contributed by atoms with van der Waals surface area (Å²) < 4.78 is 7.14. The second-order valence-electron chi connectivity index (χ2n) is 6.34. The van der Waals surface area contributed by atoms with Crippen LogP contribution < -0.4 is 10.1 Å². The number of carbonyl (C=O) groups excluding carboxylic acids is 1. The minimum atomic E-state index is -0.0522. The molecule has 0 radical (unpaired) electrons. The van der Waals surface area contributed by atoms with Gasteiger partial charge < -0.3 is 10.1 Å². The fourth-order valence-electron chi connectivity index (χ4n) is 2.66. The van der Waals surface area contributed by atoms with Crippen LogP contribution in [-0.4, -0.2) is 39.6 Å². The summed E-state index contributed by atoms with van der Waals surface area (Å²) in [7, 11) is 1.57. The molecule has 0 aliphatic carbocycles. The van der Waals surface area contributed by atoms with Gasteiger partial charge in [-0.15, -0.1) is 10.2 Å². The molecule has 0 saturated heterocycles. The van der Waals surface area contributed by atoms with E-state index >= 15 is 0 Å². The molecule has 28 heavy (non-hydrogen) atoms. The van der Waals surface area contributed by atoms with Crippen LogP contribution in [0, 0.1) is 0 Å². The van der Waals surface area contributed by atoms with E-state index in [4.69, 9.17) is 16.3 Å². The first kappa shape index (κ1) is 20.2. The largest absolute Gasteiger partial charge is 0.495 e. The lowest BCUT2D eigenvalue weighted by Crippen LogP contribution is -2.31. The van der Waals surface area contributed by atoms with Crippen LogP contribution in [0.5, 0.6) is 5.75 Å². The van der Waals surface area contributed by atoms with E-state index in [1.807, 2.05) is 54.8 Å². The highest BCUT2D eigenvalue weighted by Gasteiger charge is 2.18. The molecule has 1 N–H and O–H groups in total. The van der Waals surface area contributed by atoms with E-state index in [1.54, 1.807) is 19.2 Å². The van der Waals surface area contributed by atoms with E-state index in [2.05, 4.69) is 15.5 Å². The summed E-state index contributed by atoms with van der Waals surface area (Å²) in [5, 5.41) is 12.7. The predicted octanol–water partition coefficient (Wildman–Crippen LogP) is 4.21. The first-order chi connectivity index (χ1) is 13.5. The molecular weight excluding hydrogens is 396 g/mol. The summed E-state index contributed by atoms with van der Waals surface area (Å²) in [5.41, 5.74) is 1.71. The molecule has 1 amide bonds. The molecule has 0 bridgehead atoms. The standard InChI is InChI=1S/C20H21ClN4O2S/c1-13(2)22-18(26)12-28-20-24-23-19(14-7-5-4-6-8-14)25(20)15-9-10-17(27-3)16(21)11-15/h4-11,13H,12H2,1-3H3,(H,22,26). The Bertz CT molecular complexity index is 960. The van der Waals surface area contributed by atoms with Crippen molar-refractivity contribution in [3.05, 3.63) is 53.6 Å².